The summed E-state index contributed by atoms with van der Waals surface area (Å²) < 4.78 is 15.9. The molecular formula is C34H34N2O6S2. The quantitative estimate of drug-likeness (QED) is 0.106. The molecule has 1 heterocycles. The zero-order valence-electron chi connectivity index (χ0n) is 24.8. The zero-order chi connectivity index (χ0) is 31.1. The number of methoxy groups -OCH3 is 3. The minimum atomic E-state index is -0.635. The van der Waals surface area contributed by atoms with Crippen molar-refractivity contribution in [2.45, 2.75) is 42.2 Å². The Kier molecular flexibility index (Phi) is 10.2. The van der Waals surface area contributed by atoms with E-state index in [1.54, 1.807) is 24.3 Å². The van der Waals surface area contributed by atoms with Gasteiger partial charge in [0.05, 0.1) is 26.9 Å². The maximum Gasteiger partial charge on any atom is 0.341 e. The van der Waals surface area contributed by atoms with Crippen molar-refractivity contribution in [1.82, 2.24) is 0 Å². The van der Waals surface area contributed by atoms with Crippen molar-refractivity contribution in [1.29, 1.82) is 0 Å². The minimum absolute atomic E-state index is 0.254. The first-order valence-corrected chi connectivity index (χ1v) is 16.0. The average molecular weight is 631 g/mol. The van der Waals surface area contributed by atoms with Crippen molar-refractivity contribution in [3.8, 4) is 11.5 Å². The van der Waals surface area contributed by atoms with Gasteiger partial charge in [-0.1, -0.05) is 48.9 Å². The normalized spacial score (nSPS) is 13.2. The van der Waals surface area contributed by atoms with Crippen molar-refractivity contribution in [2.75, 3.05) is 32.0 Å². The van der Waals surface area contributed by atoms with E-state index in [0.717, 1.165) is 53.0 Å². The number of thiophene rings is 1. The van der Waals surface area contributed by atoms with Crippen molar-refractivity contribution >= 4 is 51.6 Å². The number of aryl methyl sites for hydroxylation is 1. The van der Waals surface area contributed by atoms with E-state index in [1.165, 1.54) is 44.4 Å². The lowest BCUT2D eigenvalue weighted by molar-refractivity contribution is -0.115. The molecule has 2 N–H and O–H groups in total. The lowest BCUT2D eigenvalue weighted by Crippen LogP contribution is -2.20. The summed E-state index contributed by atoms with van der Waals surface area (Å²) in [5.41, 5.74) is 3.11. The largest absolute Gasteiger partial charge is 0.496 e. The van der Waals surface area contributed by atoms with Gasteiger partial charge in [-0.2, -0.15) is 0 Å². The molecule has 0 fully saturated rings. The molecule has 1 aromatic heterocycles. The second-order valence-electron chi connectivity index (χ2n) is 10.2. The number of anilines is 2. The molecule has 0 bridgehead atoms. The van der Waals surface area contributed by atoms with Gasteiger partial charge < -0.3 is 24.8 Å². The molecule has 2 amide bonds. The first-order valence-electron chi connectivity index (χ1n) is 14.3. The van der Waals surface area contributed by atoms with Gasteiger partial charge in [-0.3, -0.25) is 9.59 Å². The van der Waals surface area contributed by atoms with E-state index >= 15 is 0 Å². The monoisotopic (exact) mass is 630 g/mol. The summed E-state index contributed by atoms with van der Waals surface area (Å²) in [6.07, 6.45) is 4.85. The number of hydrogen-bond donors (Lipinski definition) is 2. The lowest BCUT2D eigenvalue weighted by Gasteiger charge is -2.18. The molecule has 0 saturated carbocycles. The number of fused-ring (bicyclic) bond motifs is 1. The van der Waals surface area contributed by atoms with Crippen LogP contribution in [0.15, 0.2) is 77.7 Å². The van der Waals surface area contributed by atoms with Crippen LogP contribution in [0.5, 0.6) is 11.5 Å². The Morgan fingerprint density at radius 2 is 1.50 bits per heavy atom. The van der Waals surface area contributed by atoms with E-state index in [4.69, 9.17) is 14.2 Å². The molecule has 0 aliphatic heterocycles. The summed E-state index contributed by atoms with van der Waals surface area (Å²) in [5.74, 6) is -0.280. The number of amides is 2. The number of nitrogens with one attached hydrogen (secondary N) is 2. The highest BCUT2D eigenvalue weighted by atomic mass is 32.2. The molecule has 1 aliphatic carbocycles. The maximum atomic E-state index is 14.0. The van der Waals surface area contributed by atoms with Crippen molar-refractivity contribution in [3.63, 3.8) is 0 Å². The van der Waals surface area contributed by atoms with E-state index in [9.17, 15) is 14.4 Å². The van der Waals surface area contributed by atoms with Gasteiger partial charge in [0.15, 0.2) is 0 Å². The highest BCUT2D eigenvalue weighted by Gasteiger charge is 2.29. The minimum Gasteiger partial charge on any atom is -0.496 e. The summed E-state index contributed by atoms with van der Waals surface area (Å²) in [6.45, 7) is 0. The maximum absolute atomic E-state index is 14.0. The second kappa shape index (κ2) is 14.5. The predicted molar refractivity (Wildman–Crippen MR) is 175 cm³/mol. The first-order chi connectivity index (χ1) is 21.4. The molecule has 3 aromatic carbocycles. The molecule has 4 aromatic rings. The number of ether oxygens (including phenoxy) is 3. The molecule has 5 rings (SSSR count). The van der Waals surface area contributed by atoms with Gasteiger partial charge in [-0.25, -0.2) is 4.79 Å². The number of esters is 1. The Morgan fingerprint density at radius 3 is 2.20 bits per heavy atom. The van der Waals surface area contributed by atoms with Crippen LogP contribution in [-0.4, -0.2) is 39.1 Å². The number of hydrogen-bond acceptors (Lipinski definition) is 8. The van der Waals surface area contributed by atoms with Crippen molar-refractivity contribution < 1.29 is 28.6 Å². The average Bonchev–Trinajstić information content (AvgIpc) is 3.22. The number of carbonyl (C=O) groups is 3. The molecule has 44 heavy (non-hydrogen) atoms. The molecule has 0 spiro atoms. The van der Waals surface area contributed by atoms with E-state index in [1.807, 2.05) is 48.5 Å². The SMILES string of the molecule is COC(=O)c1c(NC(=O)C(Sc2cccc(NC(=O)c3c(OC)cccc3OC)c2)c2ccccc2)sc2c1CCCCC2. The third-order valence-electron chi connectivity index (χ3n) is 7.39. The Balaban J connectivity index is 1.41. The Morgan fingerprint density at radius 1 is 0.795 bits per heavy atom. The van der Waals surface area contributed by atoms with Crippen LogP contribution in [-0.2, 0) is 22.4 Å². The highest BCUT2D eigenvalue weighted by molar-refractivity contribution is 8.00. The Hall–Kier alpha value is -4.28. The molecule has 1 unspecified atom stereocenters. The summed E-state index contributed by atoms with van der Waals surface area (Å²) >= 11 is 2.82. The van der Waals surface area contributed by atoms with Crippen LogP contribution >= 0.6 is 23.1 Å². The molecule has 1 aliphatic rings. The van der Waals surface area contributed by atoms with Crippen LogP contribution in [0.4, 0.5) is 10.7 Å². The van der Waals surface area contributed by atoms with Crippen LogP contribution in [0.1, 0.15) is 61.2 Å². The standard InChI is InChI=1S/C34H34N2O6S2/c1-40-25-17-11-18-26(41-2)29(25)31(37)35-22-14-10-15-23(20-22)43-30(21-12-6-4-7-13-21)32(38)36-33-28(34(39)42-3)24-16-8-5-9-19-27(24)44-33/h4,6-7,10-15,17-18,20,30H,5,8-9,16,19H2,1-3H3,(H,35,37)(H,36,38). The van der Waals surface area contributed by atoms with E-state index in [2.05, 4.69) is 10.6 Å². The number of rotatable bonds is 10. The third kappa shape index (κ3) is 6.92. The van der Waals surface area contributed by atoms with Crippen molar-refractivity contribution in [2.24, 2.45) is 0 Å². The van der Waals surface area contributed by atoms with Gasteiger partial charge in [0.25, 0.3) is 5.91 Å². The number of carbonyl (C=O) groups excluding carboxylic acids is 3. The Labute approximate surface area is 265 Å². The molecule has 0 radical (unpaired) electrons. The first kappa shape index (κ1) is 31.2. The van der Waals surface area contributed by atoms with Gasteiger partial charge in [-0.05, 0) is 67.1 Å². The predicted octanol–water partition coefficient (Wildman–Crippen LogP) is 7.55. The molecular weight excluding hydrogens is 597 g/mol. The van der Waals surface area contributed by atoms with E-state index in [0.29, 0.717) is 27.8 Å². The third-order valence-corrected chi connectivity index (χ3v) is 9.84. The van der Waals surface area contributed by atoms with E-state index in [-0.39, 0.29) is 17.4 Å². The van der Waals surface area contributed by atoms with Gasteiger partial charge >= 0.3 is 5.97 Å². The fourth-order valence-electron chi connectivity index (χ4n) is 5.28. The van der Waals surface area contributed by atoms with Gasteiger partial charge in [0.1, 0.15) is 27.3 Å². The number of thioether (sulfide) groups is 1. The van der Waals surface area contributed by atoms with Crippen LogP contribution in [0, 0.1) is 0 Å². The zero-order valence-corrected chi connectivity index (χ0v) is 26.4. The van der Waals surface area contributed by atoms with Gasteiger partial charge in [0, 0.05) is 15.5 Å². The molecule has 1 atom stereocenters. The van der Waals surface area contributed by atoms with Gasteiger partial charge in [0.2, 0.25) is 5.91 Å². The van der Waals surface area contributed by atoms with Crippen LogP contribution in [0.3, 0.4) is 0 Å². The molecule has 10 heteroatoms. The fourth-order valence-corrected chi connectivity index (χ4v) is 7.64. The fraction of sp³-hybridized carbons (Fsp3) is 0.265. The second-order valence-corrected chi connectivity index (χ2v) is 12.5. The van der Waals surface area contributed by atoms with E-state index < -0.39 is 11.2 Å². The smallest absolute Gasteiger partial charge is 0.341 e. The highest BCUT2D eigenvalue weighted by Crippen LogP contribution is 2.41. The lowest BCUT2D eigenvalue weighted by atomic mass is 10.1. The summed E-state index contributed by atoms with van der Waals surface area (Å²) in [4.78, 5) is 42.0. The van der Waals surface area contributed by atoms with Gasteiger partial charge in [-0.15, -0.1) is 23.1 Å². The Bertz CT molecular complexity index is 1630. The van der Waals surface area contributed by atoms with Crippen molar-refractivity contribution in [3.05, 3.63) is 99.9 Å². The number of benzene rings is 3. The summed E-state index contributed by atoms with van der Waals surface area (Å²) in [5, 5.41) is 5.90. The molecule has 228 valence electrons. The summed E-state index contributed by atoms with van der Waals surface area (Å²) in [6, 6.07) is 21.9. The molecule has 0 saturated heterocycles. The van der Waals surface area contributed by atoms with Crippen LogP contribution in [0.25, 0.3) is 0 Å². The topological polar surface area (TPSA) is 103 Å². The summed E-state index contributed by atoms with van der Waals surface area (Å²) in [7, 11) is 4.37. The van der Waals surface area contributed by atoms with Crippen LogP contribution in [0.2, 0.25) is 0 Å². The molecule has 8 nitrogen and oxygen atoms in total. The van der Waals surface area contributed by atoms with Crippen LogP contribution < -0.4 is 20.1 Å².